The minimum Gasteiger partial charge on any atom is -0.172 e. The molecule has 0 saturated carbocycles. The highest BCUT2D eigenvalue weighted by Crippen LogP contribution is 2.27. The molecular formula is C20H24S. The van der Waals surface area contributed by atoms with Crippen molar-refractivity contribution in [3.63, 3.8) is 0 Å². The summed E-state index contributed by atoms with van der Waals surface area (Å²) < 4.78 is 0. The van der Waals surface area contributed by atoms with Crippen LogP contribution in [0.4, 0.5) is 0 Å². The minimum atomic E-state index is 0.271. The second kappa shape index (κ2) is 7.51. The average Bonchev–Trinajstić information content (AvgIpc) is 2.71. The number of allylic oxidation sites excluding steroid dienone is 6. The number of hydrogen-bond acceptors (Lipinski definition) is 1. The van der Waals surface area contributed by atoms with E-state index in [0.717, 1.165) is 0 Å². The third-order valence-electron chi connectivity index (χ3n) is 3.68. The maximum absolute atomic E-state index is 4.42. The molecule has 0 N–H and O–H groups in total. The van der Waals surface area contributed by atoms with E-state index in [0.29, 0.717) is 11.8 Å². The van der Waals surface area contributed by atoms with Crippen molar-refractivity contribution in [2.45, 2.75) is 31.9 Å². The van der Waals surface area contributed by atoms with Gasteiger partial charge in [-0.25, -0.2) is 0 Å². The lowest BCUT2D eigenvalue weighted by atomic mass is 9.93. The quantitative estimate of drug-likeness (QED) is 0.666. The molecule has 0 bridgehead atoms. The van der Waals surface area contributed by atoms with Crippen LogP contribution in [0.3, 0.4) is 0 Å². The molecule has 0 aromatic heterocycles. The summed E-state index contributed by atoms with van der Waals surface area (Å²) in [6, 6.07) is 8.59. The average molecular weight is 296 g/mol. The largest absolute Gasteiger partial charge is 0.172 e. The first kappa shape index (κ1) is 15.9. The van der Waals surface area contributed by atoms with E-state index in [-0.39, 0.29) is 5.25 Å². The van der Waals surface area contributed by atoms with Crippen molar-refractivity contribution in [2.24, 2.45) is 5.92 Å². The second-order valence-electron chi connectivity index (χ2n) is 5.82. The Balaban J connectivity index is 2.30. The number of hydrogen-bond donors (Lipinski definition) is 1. The van der Waals surface area contributed by atoms with Crippen LogP contribution in [-0.2, 0) is 0 Å². The Kier molecular flexibility index (Phi) is 5.69. The van der Waals surface area contributed by atoms with Gasteiger partial charge in [0, 0.05) is 11.2 Å². The van der Waals surface area contributed by atoms with Crippen molar-refractivity contribution in [3.8, 4) is 0 Å². The van der Waals surface area contributed by atoms with E-state index in [2.05, 4.69) is 100 Å². The molecule has 0 spiro atoms. The van der Waals surface area contributed by atoms with Gasteiger partial charge in [-0.15, -0.1) is 0 Å². The van der Waals surface area contributed by atoms with E-state index in [1.807, 2.05) is 0 Å². The third kappa shape index (κ3) is 4.50. The van der Waals surface area contributed by atoms with Crippen molar-refractivity contribution in [1.82, 2.24) is 0 Å². The molecule has 2 rings (SSSR count). The highest BCUT2D eigenvalue weighted by Gasteiger charge is 2.10. The van der Waals surface area contributed by atoms with Crippen LogP contribution in [0.2, 0.25) is 0 Å². The molecule has 0 nitrogen and oxygen atoms in total. The molecular weight excluding hydrogens is 272 g/mol. The van der Waals surface area contributed by atoms with E-state index >= 15 is 0 Å². The topological polar surface area (TPSA) is 0 Å². The summed E-state index contributed by atoms with van der Waals surface area (Å²) in [5.41, 5.74) is 3.99. The minimum absolute atomic E-state index is 0.271. The predicted molar refractivity (Wildman–Crippen MR) is 97.9 cm³/mol. The lowest BCUT2D eigenvalue weighted by molar-refractivity contribution is 0.791. The molecule has 0 aliphatic heterocycles. The van der Waals surface area contributed by atoms with Gasteiger partial charge in [0.15, 0.2) is 0 Å². The van der Waals surface area contributed by atoms with Gasteiger partial charge >= 0.3 is 0 Å². The standard InChI is InChI=1S/C20H24S/c1-15(2)17-8-6-9-19(14-13-17)20-10-5-4-7-18(20)12-11-16(3)21/h4-16,19,21H,1-3H3/b12-11-. The zero-order chi connectivity index (χ0) is 15.2. The molecule has 110 valence electrons. The fourth-order valence-corrected chi connectivity index (χ4v) is 2.51. The Labute approximate surface area is 134 Å². The van der Waals surface area contributed by atoms with Crippen LogP contribution in [0.25, 0.3) is 6.08 Å². The summed E-state index contributed by atoms with van der Waals surface area (Å²) in [5, 5.41) is 0.271. The molecule has 0 radical (unpaired) electrons. The molecule has 1 aliphatic carbocycles. The molecule has 0 amide bonds. The van der Waals surface area contributed by atoms with Crippen LogP contribution in [0, 0.1) is 5.92 Å². The van der Waals surface area contributed by atoms with Gasteiger partial charge in [-0.3, -0.25) is 0 Å². The van der Waals surface area contributed by atoms with Gasteiger partial charge in [0.1, 0.15) is 0 Å². The fourth-order valence-electron chi connectivity index (χ4n) is 2.42. The predicted octanol–water partition coefficient (Wildman–Crippen LogP) is 5.81. The molecule has 21 heavy (non-hydrogen) atoms. The van der Waals surface area contributed by atoms with Crippen molar-refractivity contribution in [3.05, 3.63) is 77.4 Å². The van der Waals surface area contributed by atoms with E-state index in [1.165, 1.54) is 16.7 Å². The van der Waals surface area contributed by atoms with Crippen molar-refractivity contribution in [1.29, 1.82) is 0 Å². The van der Waals surface area contributed by atoms with Gasteiger partial charge in [0.05, 0.1) is 0 Å². The molecule has 1 heteroatoms. The van der Waals surface area contributed by atoms with Crippen LogP contribution in [0.15, 0.2) is 66.3 Å². The van der Waals surface area contributed by atoms with Crippen LogP contribution in [-0.4, -0.2) is 5.25 Å². The number of benzene rings is 1. The highest BCUT2D eigenvalue weighted by molar-refractivity contribution is 7.81. The van der Waals surface area contributed by atoms with Crippen molar-refractivity contribution < 1.29 is 0 Å². The molecule has 1 aromatic carbocycles. The first-order chi connectivity index (χ1) is 10.1. The summed E-state index contributed by atoms with van der Waals surface area (Å²) in [4.78, 5) is 0. The summed E-state index contributed by atoms with van der Waals surface area (Å²) in [5.74, 6) is 0.887. The van der Waals surface area contributed by atoms with Crippen molar-refractivity contribution in [2.75, 3.05) is 0 Å². The smallest absolute Gasteiger partial charge is 0.0210 e. The van der Waals surface area contributed by atoms with Crippen LogP contribution in [0.1, 0.15) is 37.8 Å². The van der Waals surface area contributed by atoms with Gasteiger partial charge in [-0.05, 0) is 29.5 Å². The zero-order valence-electron chi connectivity index (χ0n) is 13.0. The van der Waals surface area contributed by atoms with Gasteiger partial charge < -0.3 is 0 Å². The summed E-state index contributed by atoms with van der Waals surface area (Å²) in [7, 11) is 0. The first-order valence-corrected chi connectivity index (χ1v) is 8.11. The Morgan fingerprint density at radius 3 is 2.57 bits per heavy atom. The summed E-state index contributed by atoms with van der Waals surface area (Å²) >= 11 is 4.42. The van der Waals surface area contributed by atoms with Gasteiger partial charge in [0.2, 0.25) is 0 Å². The van der Waals surface area contributed by atoms with E-state index in [1.54, 1.807) is 0 Å². The molecule has 1 aromatic rings. The summed E-state index contributed by atoms with van der Waals surface area (Å²) in [6.07, 6.45) is 15.5. The van der Waals surface area contributed by atoms with Crippen LogP contribution < -0.4 is 0 Å². The Morgan fingerprint density at radius 1 is 1.10 bits per heavy atom. The van der Waals surface area contributed by atoms with Gasteiger partial charge in [-0.1, -0.05) is 80.6 Å². The molecule has 2 unspecified atom stereocenters. The maximum atomic E-state index is 4.42. The Bertz CT molecular complexity index is 586. The van der Waals surface area contributed by atoms with E-state index in [9.17, 15) is 0 Å². The summed E-state index contributed by atoms with van der Waals surface area (Å²) in [6.45, 7) is 6.54. The zero-order valence-corrected chi connectivity index (χ0v) is 13.9. The third-order valence-corrected chi connectivity index (χ3v) is 3.85. The first-order valence-electron chi connectivity index (χ1n) is 7.59. The van der Waals surface area contributed by atoms with Crippen LogP contribution >= 0.6 is 12.6 Å². The van der Waals surface area contributed by atoms with Crippen molar-refractivity contribution >= 4 is 18.7 Å². The van der Waals surface area contributed by atoms with Gasteiger partial charge in [-0.2, -0.15) is 12.6 Å². The monoisotopic (exact) mass is 296 g/mol. The normalized spacial score (nSPS) is 19.9. The van der Waals surface area contributed by atoms with Gasteiger partial charge in [0.25, 0.3) is 0 Å². The maximum Gasteiger partial charge on any atom is 0.0210 e. The lowest BCUT2D eigenvalue weighted by Crippen LogP contribution is -1.95. The number of rotatable bonds is 4. The molecule has 0 saturated heterocycles. The highest BCUT2D eigenvalue weighted by atomic mass is 32.1. The second-order valence-corrected chi connectivity index (χ2v) is 6.63. The number of thiol groups is 1. The fraction of sp³-hybridized carbons (Fsp3) is 0.300. The lowest BCUT2D eigenvalue weighted by Gasteiger charge is -2.12. The molecule has 2 atom stereocenters. The molecule has 0 heterocycles. The van der Waals surface area contributed by atoms with E-state index in [4.69, 9.17) is 0 Å². The molecule has 0 fully saturated rings. The SMILES string of the molecule is CC(S)/C=C\c1ccccc1C1C=CC=C(C(C)C)C=C1. The Morgan fingerprint density at radius 2 is 1.86 bits per heavy atom. The van der Waals surface area contributed by atoms with Crippen LogP contribution in [0.5, 0.6) is 0 Å². The van der Waals surface area contributed by atoms with E-state index < -0.39 is 0 Å². The Hall–Kier alpha value is -1.47. The molecule has 1 aliphatic rings.